The fourth-order valence-electron chi connectivity index (χ4n) is 2.84. The third-order valence-corrected chi connectivity index (χ3v) is 4.44. The molecular weight excluding hydrogens is 324 g/mol. The van der Waals surface area contributed by atoms with E-state index in [0.29, 0.717) is 17.4 Å². The molecule has 0 amide bonds. The minimum atomic E-state index is 0.436. The molecule has 0 bridgehead atoms. The van der Waals surface area contributed by atoms with Gasteiger partial charge in [-0.05, 0) is 25.5 Å². The number of nitrogens with zero attached hydrogens (tertiary/aromatic N) is 4. The number of benzene rings is 2. The van der Waals surface area contributed by atoms with Crippen molar-refractivity contribution in [1.82, 2.24) is 19.9 Å². The van der Waals surface area contributed by atoms with Crippen molar-refractivity contribution in [2.24, 2.45) is 7.05 Å². The van der Waals surface area contributed by atoms with E-state index >= 15 is 0 Å². The number of aryl methyl sites for hydroxylation is 3. The predicted octanol–water partition coefficient (Wildman–Crippen LogP) is 4.34. The van der Waals surface area contributed by atoms with E-state index in [1.165, 1.54) is 16.7 Å². The molecule has 0 N–H and O–H groups in total. The van der Waals surface area contributed by atoms with E-state index in [2.05, 4.69) is 53.4 Å². The molecular formula is C21H20N4O. The van der Waals surface area contributed by atoms with Crippen molar-refractivity contribution in [1.29, 1.82) is 0 Å². The van der Waals surface area contributed by atoms with Gasteiger partial charge >= 0.3 is 0 Å². The Morgan fingerprint density at radius 1 is 0.923 bits per heavy atom. The van der Waals surface area contributed by atoms with Crippen LogP contribution in [0.4, 0.5) is 0 Å². The second-order valence-electron chi connectivity index (χ2n) is 6.60. The van der Waals surface area contributed by atoms with Crippen molar-refractivity contribution in [2.75, 3.05) is 0 Å². The van der Waals surface area contributed by atoms with E-state index in [9.17, 15) is 0 Å². The largest absolute Gasteiger partial charge is 0.332 e. The van der Waals surface area contributed by atoms with E-state index < -0.39 is 0 Å². The molecule has 0 spiro atoms. The average Bonchev–Trinajstić information content (AvgIpc) is 3.25. The van der Waals surface area contributed by atoms with E-state index in [0.717, 1.165) is 17.7 Å². The Balaban J connectivity index is 1.59. The Hall–Kier alpha value is -3.21. The molecule has 4 aromatic rings. The zero-order chi connectivity index (χ0) is 18.1. The Labute approximate surface area is 152 Å². The van der Waals surface area contributed by atoms with Crippen LogP contribution >= 0.6 is 0 Å². The Kier molecular flexibility index (Phi) is 4.13. The highest BCUT2D eigenvalue weighted by molar-refractivity contribution is 5.58. The van der Waals surface area contributed by atoms with Crippen LogP contribution in [0.3, 0.4) is 0 Å². The lowest BCUT2D eigenvalue weighted by Crippen LogP contribution is -1.99. The van der Waals surface area contributed by atoms with Gasteiger partial charge in [0.25, 0.3) is 5.89 Å². The molecule has 0 atom stereocenters. The monoisotopic (exact) mass is 344 g/mol. The van der Waals surface area contributed by atoms with Gasteiger partial charge in [-0.1, -0.05) is 64.8 Å². The first-order valence-electron chi connectivity index (χ1n) is 8.58. The molecule has 5 heteroatoms. The predicted molar refractivity (Wildman–Crippen MR) is 101 cm³/mol. The summed E-state index contributed by atoms with van der Waals surface area (Å²) in [5.74, 6) is 1.01. The average molecular weight is 344 g/mol. The van der Waals surface area contributed by atoms with E-state index in [-0.39, 0.29) is 0 Å². The van der Waals surface area contributed by atoms with Crippen molar-refractivity contribution in [3.05, 3.63) is 77.0 Å². The molecule has 0 saturated carbocycles. The smallest absolute Gasteiger partial charge is 0.278 e. The van der Waals surface area contributed by atoms with Crippen LogP contribution in [0, 0.1) is 13.8 Å². The van der Waals surface area contributed by atoms with Gasteiger partial charge in [-0.15, -0.1) is 0 Å². The molecule has 5 nitrogen and oxygen atoms in total. The molecule has 0 saturated heterocycles. The van der Waals surface area contributed by atoms with Gasteiger partial charge in [-0.3, -0.25) is 4.68 Å². The first-order valence-corrected chi connectivity index (χ1v) is 8.58. The maximum absolute atomic E-state index is 5.43. The van der Waals surface area contributed by atoms with Gasteiger partial charge in [0.05, 0.1) is 0 Å². The molecule has 4 rings (SSSR count). The highest BCUT2D eigenvalue weighted by Crippen LogP contribution is 2.23. The third-order valence-electron chi connectivity index (χ3n) is 4.44. The van der Waals surface area contributed by atoms with Gasteiger partial charge in [0.2, 0.25) is 5.82 Å². The van der Waals surface area contributed by atoms with Crippen LogP contribution in [0.25, 0.3) is 23.0 Å². The fourth-order valence-corrected chi connectivity index (χ4v) is 2.84. The van der Waals surface area contributed by atoms with Crippen LogP contribution in [0.15, 0.2) is 59.1 Å². The van der Waals surface area contributed by atoms with Gasteiger partial charge in [-0.2, -0.15) is 10.1 Å². The minimum Gasteiger partial charge on any atom is -0.332 e. The molecule has 130 valence electrons. The van der Waals surface area contributed by atoms with Gasteiger partial charge in [-0.25, -0.2) is 0 Å². The van der Waals surface area contributed by atoms with Crippen LogP contribution in [-0.4, -0.2) is 19.9 Å². The van der Waals surface area contributed by atoms with E-state index in [1.807, 2.05) is 42.1 Å². The maximum atomic E-state index is 5.43. The quantitative estimate of drug-likeness (QED) is 0.552. The maximum Gasteiger partial charge on any atom is 0.278 e. The second-order valence-corrected chi connectivity index (χ2v) is 6.60. The normalized spacial score (nSPS) is 11.0. The first kappa shape index (κ1) is 16.3. The summed E-state index contributed by atoms with van der Waals surface area (Å²) in [6, 6.07) is 18.6. The molecule has 0 aliphatic rings. The molecule has 26 heavy (non-hydrogen) atoms. The molecule has 0 fully saturated rings. The van der Waals surface area contributed by atoms with Crippen molar-refractivity contribution in [2.45, 2.75) is 20.3 Å². The summed E-state index contributed by atoms with van der Waals surface area (Å²) < 4.78 is 7.30. The molecule has 2 aromatic heterocycles. The van der Waals surface area contributed by atoms with Gasteiger partial charge in [0, 0.05) is 24.7 Å². The zero-order valence-corrected chi connectivity index (χ0v) is 15.1. The Morgan fingerprint density at radius 2 is 1.58 bits per heavy atom. The number of hydrogen-bond donors (Lipinski definition) is 0. The van der Waals surface area contributed by atoms with Gasteiger partial charge < -0.3 is 4.52 Å². The van der Waals surface area contributed by atoms with E-state index in [4.69, 9.17) is 4.52 Å². The standard InChI is InChI=1S/C21H20N4O/c1-14-4-8-16(9-5-14)12-18-13-19(23-25(18)3)21-22-20(24-26-21)17-10-6-15(2)7-11-17/h4-11,13H,12H2,1-3H3. The lowest BCUT2D eigenvalue weighted by Gasteiger charge is -2.02. The summed E-state index contributed by atoms with van der Waals surface area (Å²) in [5, 5.41) is 8.63. The first-order chi connectivity index (χ1) is 12.6. The molecule has 0 aliphatic heterocycles. The summed E-state index contributed by atoms with van der Waals surface area (Å²) in [5.41, 5.74) is 6.42. The summed E-state index contributed by atoms with van der Waals surface area (Å²) in [7, 11) is 1.93. The highest BCUT2D eigenvalue weighted by atomic mass is 16.5. The molecule has 0 unspecified atom stereocenters. The van der Waals surface area contributed by atoms with Gasteiger partial charge in [0.15, 0.2) is 5.69 Å². The topological polar surface area (TPSA) is 56.7 Å². The van der Waals surface area contributed by atoms with Crippen molar-refractivity contribution < 1.29 is 4.52 Å². The molecule has 2 aromatic carbocycles. The lowest BCUT2D eigenvalue weighted by atomic mass is 10.1. The fraction of sp³-hybridized carbons (Fsp3) is 0.190. The SMILES string of the molecule is Cc1ccc(Cc2cc(-c3nc(-c4ccc(C)cc4)no3)nn2C)cc1. The third kappa shape index (κ3) is 3.28. The number of hydrogen-bond acceptors (Lipinski definition) is 4. The summed E-state index contributed by atoms with van der Waals surface area (Å²) in [4.78, 5) is 4.50. The Morgan fingerprint density at radius 3 is 2.27 bits per heavy atom. The lowest BCUT2D eigenvalue weighted by molar-refractivity contribution is 0.430. The van der Waals surface area contributed by atoms with Crippen molar-refractivity contribution in [3.63, 3.8) is 0 Å². The summed E-state index contributed by atoms with van der Waals surface area (Å²) in [6.45, 7) is 4.14. The van der Waals surface area contributed by atoms with Crippen LogP contribution < -0.4 is 0 Å². The van der Waals surface area contributed by atoms with Crippen LogP contribution in [-0.2, 0) is 13.5 Å². The van der Waals surface area contributed by atoms with Crippen LogP contribution in [0.5, 0.6) is 0 Å². The Bertz CT molecular complexity index is 1030. The van der Waals surface area contributed by atoms with E-state index in [1.54, 1.807) is 0 Å². The molecule has 0 aliphatic carbocycles. The van der Waals surface area contributed by atoms with Crippen LogP contribution in [0.2, 0.25) is 0 Å². The van der Waals surface area contributed by atoms with Gasteiger partial charge in [0.1, 0.15) is 0 Å². The molecule has 2 heterocycles. The van der Waals surface area contributed by atoms with Crippen molar-refractivity contribution >= 4 is 0 Å². The van der Waals surface area contributed by atoms with Crippen molar-refractivity contribution in [3.8, 4) is 23.0 Å². The number of rotatable bonds is 4. The molecule has 0 radical (unpaired) electrons. The zero-order valence-electron chi connectivity index (χ0n) is 15.1. The highest BCUT2D eigenvalue weighted by Gasteiger charge is 2.15. The minimum absolute atomic E-state index is 0.436. The summed E-state index contributed by atoms with van der Waals surface area (Å²) in [6.07, 6.45) is 0.808. The number of aromatic nitrogens is 4. The summed E-state index contributed by atoms with van der Waals surface area (Å²) >= 11 is 0. The van der Waals surface area contributed by atoms with Crippen LogP contribution in [0.1, 0.15) is 22.4 Å². The second kappa shape index (κ2) is 6.59.